The maximum Gasteiger partial charge on any atom is 0.223 e. The van der Waals surface area contributed by atoms with Gasteiger partial charge in [0.2, 0.25) is 5.78 Å². The van der Waals surface area contributed by atoms with E-state index in [-0.39, 0.29) is 11.5 Å². The highest BCUT2D eigenvalue weighted by atomic mass is 79.9. The van der Waals surface area contributed by atoms with Crippen LogP contribution in [0.2, 0.25) is 0 Å². The van der Waals surface area contributed by atoms with Crippen LogP contribution in [0.5, 0.6) is 5.75 Å². The van der Waals surface area contributed by atoms with Crippen molar-refractivity contribution in [3.63, 3.8) is 0 Å². The first-order valence-corrected chi connectivity index (χ1v) is 7.73. The minimum absolute atomic E-state index is 0.126. The molecule has 1 heterocycles. The third-order valence-electron chi connectivity index (χ3n) is 3.46. The van der Waals surface area contributed by atoms with E-state index < -0.39 is 0 Å². The summed E-state index contributed by atoms with van der Waals surface area (Å²) in [5.74, 6) is 0.471. The topological polar surface area (TPSA) is 65.5 Å². The number of carbonyl (C=O) groups is 1. The molecule has 3 rings (SSSR count). The summed E-state index contributed by atoms with van der Waals surface area (Å²) in [7, 11) is 1.57. The lowest BCUT2D eigenvalue weighted by molar-refractivity contribution is 0.102. The maximum atomic E-state index is 12.4. The normalized spacial score (nSPS) is 11.2. The van der Waals surface area contributed by atoms with Crippen LogP contribution in [0.3, 0.4) is 0 Å². The standard InChI is InChI=1S/C18H14BrNO3/c1-22-14-10-9-13-15(16(14)19)17(20)18(23-13)12(21)8-7-11-5-3-2-4-6-11/h2-10H,20H2,1H3. The number of hydrogen-bond acceptors (Lipinski definition) is 4. The van der Waals surface area contributed by atoms with Crippen LogP contribution < -0.4 is 10.5 Å². The number of halogens is 1. The van der Waals surface area contributed by atoms with Crippen molar-refractivity contribution in [2.75, 3.05) is 12.8 Å². The molecule has 0 aliphatic carbocycles. The van der Waals surface area contributed by atoms with E-state index in [9.17, 15) is 4.79 Å². The minimum Gasteiger partial charge on any atom is -0.496 e. The predicted octanol–water partition coefficient (Wildman–Crippen LogP) is 4.68. The molecule has 23 heavy (non-hydrogen) atoms. The van der Waals surface area contributed by atoms with E-state index in [4.69, 9.17) is 14.9 Å². The smallest absolute Gasteiger partial charge is 0.223 e. The molecule has 4 nitrogen and oxygen atoms in total. The highest BCUT2D eigenvalue weighted by Gasteiger charge is 2.20. The minimum atomic E-state index is -0.284. The first-order valence-electron chi connectivity index (χ1n) is 6.93. The predicted molar refractivity (Wildman–Crippen MR) is 94.7 cm³/mol. The number of furan rings is 1. The fraction of sp³-hybridized carbons (Fsp3) is 0.0556. The summed E-state index contributed by atoms with van der Waals surface area (Å²) < 4.78 is 11.5. The zero-order chi connectivity index (χ0) is 16.4. The molecular formula is C18H14BrNO3. The first-order chi connectivity index (χ1) is 11.1. The van der Waals surface area contributed by atoms with Crippen LogP contribution in [0.15, 0.2) is 57.4 Å². The summed E-state index contributed by atoms with van der Waals surface area (Å²) >= 11 is 3.44. The average Bonchev–Trinajstić information content (AvgIpc) is 2.92. The zero-order valence-corrected chi connectivity index (χ0v) is 14.0. The van der Waals surface area contributed by atoms with Crippen molar-refractivity contribution in [3.8, 4) is 5.75 Å². The zero-order valence-electron chi connectivity index (χ0n) is 12.4. The summed E-state index contributed by atoms with van der Waals surface area (Å²) in [6.45, 7) is 0. The molecule has 5 heteroatoms. The quantitative estimate of drug-likeness (QED) is 0.533. The van der Waals surface area contributed by atoms with E-state index in [1.807, 2.05) is 30.3 Å². The Bertz CT molecular complexity index is 898. The Labute approximate surface area is 141 Å². The summed E-state index contributed by atoms with van der Waals surface area (Å²) in [6.07, 6.45) is 3.18. The van der Waals surface area contributed by atoms with Gasteiger partial charge in [-0.1, -0.05) is 36.4 Å². The van der Waals surface area contributed by atoms with Gasteiger partial charge in [-0.2, -0.15) is 0 Å². The van der Waals surface area contributed by atoms with E-state index in [1.54, 1.807) is 25.3 Å². The number of ether oxygens (including phenoxy) is 1. The molecule has 116 valence electrons. The third-order valence-corrected chi connectivity index (χ3v) is 4.25. The van der Waals surface area contributed by atoms with E-state index in [0.717, 1.165) is 5.56 Å². The molecule has 0 aliphatic heterocycles. The Balaban J connectivity index is 2.00. The molecule has 0 spiro atoms. The van der Waals surface area contributed by atoms with Crippen LogP contribution >= 0.6 is 15.9 Å². The van der Waals surface area contributed by atoms with Gasteiger partial charge < -0.3 is 14.9 Å². The van der Waals surface area contributed by atoms with Crippen molar-refractivity contribution < 1.29 is 13.9 Å². The lowest BCUT2D eigenvalue weighted by Crippen LogP contribution is -1.97. The Kier molecular flexibility index (Phi) is 4.21. The molecule has 0 saturated carbocycles. The van der Waals surface area contributed by atoms with Gasteiger partial charge in [0, 0.05) is 0 Å². The van der Waals surface area contributed by atoms with Crippen molar-refractivity contribution in [3.05, 3.63) is 64.3 Å². The average molecular weight is 372 g/mol. The number of ketones is 1. The number of nitrogen functional groups attached to an aromatic ring is 1. The van der Waals surface area contributed by atoms with Crippen LogP contribution in [0, 0.1) is 0 Å². The molecule has 2 N–H and O–H groups in total. The molecule has 0 saturated heterocycles. The van der Waals surface area contributed by atoms with Crippen LogP contribution in [-0.4, -0.2) is 12.9 Å². The fourth-order valence-electron chi connectivity index (χ4n) is 2.31. The van der Waals surface area contributed by atoms with Gasteiger partial charge in [0.15, 0.2) is 5.76 Å². The van der Waals surface area contributed by atoms with Gasteiger partial charge in [-0.25, -0.2) is 0 Å². The maximum absolute atomic E-state index is 12.4. The van der Waals surface area contributed by atoms with Gasteiger partial charge in [-0.15, -0.1) is 0 Å². The van der Waals surface area contributed by atoms with Crippen molar-refractivity contribution in [1.82, 2.24) is 0 Å². The van der Waals surface area contributed by atoms with Gasteiger partial charge in [0.25, 0.3) is 0 Å². The molecule has 0 amide bonds. The third kappa shape index (κ3) is 2.87. The molecule has 0 unspecified atom stereocenters. The Hall–Kier alpha value is -2.53. The van der Waals surface area contributed by atoms with E-state index in [2.05, 4.69) is 15.9 Å². The largest absolute Gasteiger partial charge is 0.496 e. The van der Waals surface area contributed by atoms with Gasteiger partial charge in [0.05, 0.1) is 22.7 Å². The molecule has 0 aliphatic rings. The summed E-state index contributed by atoms with van der Waals surface area (Å²) in [6, 6.07) is 13.0. The summed E-state index contributed by atoms with van der Waals surface area (Å²) in [5, 5.41) is 0.640. The second-order valence-electron chi connectivity index (χ2n) is 4.91. The van der Waals surface area contributed by atoms with Crippen molar-refractivity contribution in [1.29, 1.82) is 0 Å². The van der Waals surface area contributed by atoms with E-state index in [0.29, 0.717) is 26.9 Å². The number of nitrogens with two attached hydrogens (primary N) is 1. The van der Waals surface area contributed by atoms with Crippen molar-refractivity contribution in [2.24, 2.45) is 0 Å². The number of benzene rings is 2. The molecule has 3 aromatic rings. The Morgan fingerprint density at radius 3 is 2.65 bits per heavy atom. The summed E-state index contributed by atoms with van der Waals surface area (Å²) in [4.78, 5) is 12.4. The molecule has 1 aromatic heterocycles. The second kappa shape index (κ2) is 6.30. The Morgan fingerprint density at radius 2 is 1.96 bits per heavy atom. The molecule has 2 aromatic carbocycles. The summed E-state index contributed by atoms with van der Waals surface area (Å²) in [5.41, 5.74) is 7.86. The number of anilines is 1. The van der Waals surface area contributed by atoms with E-state index >= 15 is 0 Å². The van der Waals surface area contributed by atoms with Crippen molar-refractivity contribution >= 4 is 44.4 Å². The first kappa shape index (κ1) is 15.4. The molecule has 0 fully saturated rings. The van der Waals surface area contributed by atoms with Gasteiger partial charge in [-0.05, 0) is 39.7 Å². The lowest BCUT2D eigenvalue weighted by atomic mass is 10.1. The van der Waals surface area contributed by atoms with Crippen LogP contribution in [-0.2, 0) is 0 Å². The highest BCUT2D eigenvalue weighted by molar-refractivity contribution is 9.10. The van der Waals surface area contributed by atoms with Crippen LogP contribution in [0.1, 0.15) is 16.1 Å². The molecule has 0 atom stereocenters. The lowest BCUT2D eigenvalue weighted by Gasteiger charge is -2.03. The number of carbonyl (C=O) groups excluding carboxylic acids is 1. The Morgan fingerprint density at radius 1 is 1.22 bits per heavy atom. The van der Waals surface area contributed by atoms with Gasteiger partial charge in [-0.3, -0.25) is 4.79 Å². The molecule has 0 radical (unpaired) electrons. The van der Waals surface area contributed by atoms with Crippen LogP contribution in [0.25, 0.3) is 17.0 Å². The van der Waals surface area contributed by atoms with Gasteiger partial charge in [0.1, 0.15) is 11.3 Å². The van der Waals surface area contributed by atoms with Crippen LogP contribution in [0.4, 0.5) is 5.69 Å². The number of hydrogen-bond donors (Lipinski definition) is 1. The fourth-order valence-corrected chi connectivity index (χ4v) is 3.01. The van der Waals surface area contributed by atoms with Gasteiger partial charge >= 0.3 is 0 Å². The second-order valence-corrected chi connectivity index (χ2v) is 5.70. The number of allylic oxidation sites excluding steroid dienone is 1. The van der Waals surface area contributed by atoms with Crippen molar-refractivity contribution in [2.45, 2.75) is 0 Å². The SMILES string of the molecule is COc1ccc2oc(C(=O)C=Cc3ccccc3)c(N)c2c1Br. The monoisotopic (exact) mass is 371 g/mol. The highest BCUT2D eigenvalue weighted by Crippen LogP contribution is 2.39. The number of fused-ring (bicyclic) bond motifs is 1. The number of methoxy groups -OCH3 is 1. The molecule has 0 bridgehead atoms. The van der Waals surface area contributed by atoms with E-state index in [1.165, 1.54) is 6.08 Å². The molecular weight excluding hydrogens is 358 g/mol. The number of rotatable bonds is 4.